The van der Waals surface area contributed by atoms with Gasteiger partial charge in [-0.1, -0.05) is 30.3 Å². The van der Waals surface area contributed by atoms with Crippen LogP contribution in [0.25, 0.3) is 11.0 Å². The van der Waals surface area contributed by atoms with Crippen LogP contribution in [0, 0.1) is 13.8 Å². The topological polar surface area (TPSA) is 50.4 Å². The molecule has 0 bridgehead atoms. The predicted molar refractivity (Wildman–Crippen MR) is 87.5 cm³/mol. The third-order valence-electron chi connectivity index (χ3n) is 4.01. The van der Waals surface area contributed by atoms with E-state index in [-0.39, 0.29) is 11.4 Å². The van der Waals surface area contributed by atoms with E-state index in [4.69, 9.17) is 4.42 Å². The Morgan fingerprint density at radius 3 is 2.50 bits per heavy atom. The fraction of sp³-hybridized carbons (Fsp3) is 0.211. The number of hydrogen-bond donors (Lipinski definition) is 1. The molecule has 3 heteroatoms. The molecule has 1 N–H and O–H groups in total. The molecule has 0 fully saturated rings. The largest absolute Gasteiger partial charge is 0.507 e. The van der Waals surface area contributed by atoms with Crippen molar-refractivity contribution in [2.45, 2.75) is 26.7 Å². The van der Waals surface area contributed by atoms with Crippen LogP contribution in [0.5, 0.6) is 5.75 Å². The highest BCUT2D eigenvalue weighted by Gasteiger charge is 2.14. The number of aromatic hydroxyl groups is 1. The molecule has 3 aromatic rings. The number of aryl methyl sites for hydroxylation is 3. The van der Waals surface area contributed by atoms with Crippen LogP contribution in [0.2, 0.25) is 0 Å². The van der Waals surface area contributed by atoms with Gasteiger partial charge in [-0.25, -0.2) is 4.79 Å². The van der Waals surface area contributed by atoms with Crippen molar-refractivity contribution in [3.8, 4) is 5.75 Å². The number of hydrogen-bond acceptors (Lipinski definition) is 3. The van der Waals surface area contributed by atoms with Crippen LogP contribution in [0.4, 0.5) is 0 Å². The van der Waals surface area contributed by atoms with Gasteiger partial charge in [-0.15, -0.1) is 0 Å². The molecule has 0 aliphatic rings. The first-order valence-corrected chi connectivity index (χ1v) is 7.36. The van der Waals surface area contributed by atoms with Crippen molar-refractivity contribution in [3.63, 3.8) is 0 Å². The predicted octanol–water partition coefficient (Wildman–Crippen LogP) is 3.90. The molecule has 1 heterocycles. The van der Waals surface area contributed by atoms with E-state index in [1.54, 1.807) is 12.1 Å². The number of fused-ring (bicyclic) bond motifs is 1. The highest BCUT2D eigenvalue weighted by molar-refractivity contribution is 5.87. The summed E-state index contributed by atoms with van der Waals surface area (Å²) < 4.78 is 5.41. The van der Waals surface area contributed by atoms with E-state index >= 15 is 0 Å². The van der Waals surface area contributed by atoms with Gasteiger partial charge in [0.1, 0.15) is 11.3 Å². The quantitative estimate of drug-likeness (QED) is 0.745. The van der Waals surface area contributed by atoms with E-state index in [1.165, 1.54) is 5.56 Å². The molecule has 0 radical (unpaired) electrons. The molecule has 0 spiro atoms. The molecular formula is C19H18O3. The lowest BCUT2D eigenvalue weighted by molar-refractivity contribution is 0.477. The molecule has 1 aromatic heterocycles. The minimum absolute atomic E-state index is 0.164. The molecule has 0 aliphatic heterocycles. The van der Waals surface area contributed by atoms with Crippen molar-refractivity contribution >= 4 is 11.0 Å². The Hall–Kier alpha value is -2.55. The van der Waals surface area contributed by atoms with Crippen LogP contribution in [0.3, 0.4) is 0 Å². The van der Waals surface area contributed by atoms with Crippen molar-refractivity contribution in [3.05, 3.63) is 75.1 Å². The molecule has 2 aromatic carbocycles. The second-order valence-electron chi connectivity index (χ2n) is 5.64. The minimum Gasteiger partial charge on any atom is -0.507 e. The molecule has 0 amide bonds. The lowest BCUT2D eigenvalue weighted by atomic mass is 9.98. The van der Waals surface area contributed by atoms with Crippen molar-refractivity contribution in [1.82, 2.24) is 0 Å². The van der Waals surface area contributed by atoms with E-state index in [1.807, 2.05) is 44.2 Å². The Labute approximate surface area is 128 Å². The van der Waals surface area contributed by atoms with Gasteiger partial charge in [0.15, 0.2) is 0 Å². The monoisotopic (exact) mass is 294 g/mol. The number of phenolic OH excluding ortho intramolecular Hbond substituents is 1. The molecule has 0 unspecified atom stereocenters. The summed E-state index contributed by atoms with van der Waals surface area (Å²) in [6.45, 7) is 3.73. The zero-order valence-electron chi connectivity index (χ0n) is 12.7. The van der Waals surface area contributed by atoms with Crippen LogP contribution >= 0.6 is 0 Å². The molecule has 22 heavy (non-hydrogen) atoms. The Morgan fingerprint density at radius 2 is 1.77 bits per heavy atom. The first kappa shape index (κ1) is 14.4. The van der Waals surface area contributed by atoms with Crippen molar-refractivity contribution in [2.75, 3.05) is 0 Å². The van der Waals surface area contributed by atoms with Gasteiger partial charge in [0.2, 0.25) is 0 Å². The fourth-order valence-electron chi connectivity index (χ4n) is 2.86. The Balaban J connectivity index is 2.05. The second-order valence-corrected chi connectivity index (χ2v) is 5.64. The van der Waals surface area contributed by atoms with Crippen LogP contribution in [-0.2, 0) is 12.8 Å². The summed E-state index contributed by atoms with van der Waals surface area (Å²) >= 11 is 0. The summed E-state index contributed by atoms with van der Waals surface area (Å²) in [6, 6.07) is 13.5. The average molecular weight is 294 g/mol. The Morgan fingerprint density at radius 1 is 1.05 bits per heavy atom. The van der Waals surface area contributed by atoms with E-state index < -0.39 is 0 Å². The summed E-state index contributed by atoms with van der Waals surface area (Å²) in [5.74, 6) is 0.164. The lowest BCUT2D eigenvalue weighted by Crippen LogP contribution is -2.11. The average Bonchev–Trinajstić information content (AvgIpc) is 2.47. The molecule has 0 saturated heterocycles. The molecule has 0 saturated carbocycles. The van der Waals surface area contributed by atoms with Gasteiger partial charge in [-0.2, -0.15) is 0 Å². The number of phenols is 1. The third kappa shape index (κ3) is 2.62. The molecule has 0 aliphatic carbocycles. The van der Waals surface area contributed by atoms with Gasteiger partial charge in [0, 0.05) is 5.56 Å². The highest BCUT2D eigenvalue weighted by atomic mass is 16.4. The molecule has 112 valence electrons. The van der Waals surface area contributed by atoms with E-state index in [0.29, 0.717) is 23.0 Å². The van der Waals surface area contributed by atoms with Gasteiger partial charge >= 0.3 is 5.63 Å². The van der Waals surface area contributed by atoms with Gasteiger partial charge in [-0.05, 0) is 55.5 Å². The summed E-state index contributed by atoms with van der Waals surface area (Å²) in [4.78, 5) is 12.2. The normalized spacial score (nSPS) is 11.0. The number of benzene rings is 2. The van der Waals surface area contributed by atoms with Crippen LogP contribution in [0.15, 0.2) is 51.7 Å². The summed E-state index contributed by atoms with van der Waals surface area (Å²) in [5, 5.41) is 10.8. The first-order valence-electron chi connectivity index (χ1n) is 7.36. The Kier molecular flexibility index (Phi) is 3.72. The standard InChI is InChI=1S/C19H18O3/c1-12-10-16(20)18-13(2)15(19(21)22-17(18)11-12)9-8-14-6-4-3-5-7-14/h3-7,10-11,20H,8-9H2,1-2H3. The van der Waals surface area contributed by atoms with Crippen molar-refractivity contribution < 1.29 is 9.52 Å². The van der Waals surface area contributed by atoms with E-state index in [9.17, 15) is 9.90 Å². The summed E-state index contributed by atoms with van der Waals surface area (Å²) in [5.41, 5.74) is 3.61. The maximum atomic E-state index is 12.2. The van der Waals surface area contributed by atoms with Crippen LogP contribution in [0.1, 0.15) is 22.3 Å². The van der Waals surface area contributed by atoms with Gasteiger partial charge in [0.05, 0.1) is 5.39 Å². The molecule has 3 nitrogen and oxygen atoms in total. The minimum atomic E-state index is -0.314. The second kappa shape index (κ2) is 5.68. The van der Waals surface area contributed by atoms with Crippen molar-refractivity contribution in [2.24, 2.45) is 0 Å². The SMILES string of the molecule is Cc1cc(O)c2c(C)c(CCc3ccccc3)c(=O)oc2c1. The van der Waals surface area contributed by atoms with Crippen LogP contribution < -0.4 is 5.63 Å². The van der Waals surface area contributed by atoms with Gasteiger partial charge in [-0.3, -0.25) is 0 Å². The molecule has 3 rings (SSSR count). The van der Waals surface area contributed by atoms with Crippen molar-refractivity contribution in [1.29, 1.82) is 0 Å². The smallest absolute Gasteiger partial charge is 0.339 e. The molecule has 0 atom stereocenters. The summed E-state index contributed by atoms with van der Waals surface area (Å²) in [6.07, 6.45) is 1.37. The number of rotatable bonds is 3. The summed E-state index contributed by atoms with van der Waals surface area (Å²) in [7, 11) is 0. The fourth-order valence-corrected chi connectivity index (χ4v) is 2.86. The first-order chi connectivity index (χ1) is 10.6. The zero-order chi connectivity index (χ0) is 15.7. The Bertz CT molecular complexity index is 877. The maximum absolute atomic E-state index is 12.2. The highest BCUT2D eigenvalue weighted by Crippen LogP contribution is 2.30. The third-order valence-corrected chi connectivity index (χ3v) is 4.01. The van der Waals surface area contributed by atoms with Crippen LogP contribution in [-0.4, -0.2) is 5.11 Å². The maximum Gasteiger partial charge on any atom is 0.339 e. The van der Waals surface area contributed by atoms with E-state index in [2.05, 4.69) is 0 Å². The van der Waals surface area contributed by atoms with Gasteiger partial charge < -0.3 is 9.52 Å². The zero-order valence-corrected chi connectivity index (χ0v) is 12.7. The van der Waals surface area contributed by atoms with E-state index in [0.717, 1.165) is 17.5 Å². The molecular weight excluding hydrogens is 276 g/mol. The lowest BCUT2D eigenvalue weighted by Gasteiger charge is -2.10. The van der Waals surface area contributed by atoms with Gasteiger partial charge in [0.25, 0.3) is 0 Å².